The van der Waals surface area contributed by atoms with Crippen molar-refractivity contribution in [1.29, 1.82) is 0 Å². The molecule has 0 aromatic carbocycles. The summed E-state index contributed by atoms with van der Waals surface area (Å²) in [7, 11) is 3.81. The van der Waals surface area contributed by atoms with Crippen LogP contribution in [0.2, 0.25) is 0 Å². The summed E-state index contributed by atoms with van der Waals surface area (Å²) in [6, 6.07) is 1.79. The number of carbonyl (C=O) groups is 1. The third-order valence-corrected chi connectivity index (χ3v) is 5.97. The van der Waals surface area contributed by atoms with Gasteiger partial charge in [-0.25, -0.2) is 4.98 Å². The zero-order valence-corrected chi connectivity index (χ0v) is 16.4. The van der Waals surface area contributed by atoms with Gasteiger partial charge in [0, 0.05) is 37.2 Å². The van der Waals surface area contributed by atoms with Crippen molar-refractivity contribution in [3.63, 3.8) is 0 Å². The normalized spacial score (nSPS) is 31.4. The molecule has 4 atom stereocenters. The molecule has 148 valence electrons. The summed E-state index contributed by atoms with van der Waals surface area (Å²) in [5.41, 5.74) is -0.118. The van der Waals surface area contributed by atoms with Crippen molar-refractivity contribution in [2.45, 2.75) is 31.5 Å². The van der Waals surface area contributed by atoms with Gasteiger partial charge in [-0.1, -0.05) is 0 Å². The fourth-order valence-electron chi connectivity index (χ4n) is 4.90. The highest BCUT2D eigenvalue weighted by molar-refractivity contribution is 5.77. The molecule has 1 amide bonds. The minimum Gasteiger partial charge on any atom is -0.478 e. The van der Waals surface area contributed by atoms with Crippen molar-refractivity contribution >= 4 is 11.9 Å². The summed E-state index contributed by atoms with van der Waals surface area (Å²) in [6.07, 6.45) is 4.15. The number of hydrogen-bond acceptors (Lipinski definition) is 7. The number of anilines is 1. The standard InChI is InChI=1S/C19H29N5O3/c1-4-26-17-6-8-20-18(22-17)24-10-14-13(9-21-16(25)11-23(2)3)15-5-7-19(14,12-24)27-15/h6,8,13-15H,4-5,7,9-12H2,1-3H3,(H,21,25)/t13-,14+,15+,19+/m0/s1. The second kappa shape index (κ2) is 7.24. The van der Waals surface area contributed by atoms with Crippen molar-refractivity contribution in [1.82, 2.24) is 20.2 Å². The topological polar surface area (TPSA) is 79.8 Å². The van der Waals surface area contributed by atoms with E-state index in [1.54, 1.807) is 12.3 Å². The molecule has 27 heavy (non-hydrogen) atoms. The van der Waals surface area contributed by atoms with Crippen LogP contribution in [0.1, 0.15) is 19.8 Å². The van der Waals surface area contributed by atoms with E-state index in [1.165, 1.54) is 0 Å². The fourth-order valence-corrected chi connectivity index (χ4v) is 4.90. The first kappa shape index (κ1) is 18.4. The smallest absolute Gasteiger partial charge is 0.234 e. The quantitative estimate of drug-likeness (QED) is 0.745. The van der Waals surface area contributed by atoms with E-state index in [0.717, 1.165) is 25.9 Å². The van der Waals surface area contributed by atoms with Crippen molar-refractivity contribution in [3.05, 3.63) is 12.3 Å². The van der Waals surface area contributed by atoms with Gasteiger partial charge in [0.15, 0.2) is 0 Å². The highest BCUT2D eigenvalue weighted by Gasteiger charge is 2.63. The molecule has 4 heterocycles. The lowest BCUT2D eigenvalue weighted by molar-refractivity contribution is -0.122. The molecule has 4 rings (SSSR count). The van der Waals surface area contributed by atoms with Gasteiger partial charge in [-0.3, -0.25) is 4.79 Å². The number of nitrogens with zero attached hydrogens (tertiary/aromatic N) is 4. The summed E-state index contributed by atoms with van der Waals surface area (Å²) in [5, 5.41) is 3.10. The van der Waals surface area contributed by atoms with Crippen LogP contribution in [0.3, 0.4) is 0 Å². The first-order chi connectivity index (χ1) is 13.0. The predicted octanol–water partition coefficient (Wildman–Crippen LogP) is 0.537. The van der Waals surface area contributed by atoms with E-state index in [1.807, 2.05) is 25.9 Å². The molecule has 1 aromatic rings. The van der Waals surface area contributed by atoms with Crippen LogP contribution >= 0.6 is 0 Å². The Morgan fingerprint density at radius 3 is 3.15 bits per heavy atom. The van der Waals surface area contributed by atoms with E-state index < -0.39 is 0 Å². The molecule has 8 heteroatoms. The van der Waals surface area contributed by atoms with Gasteiger partial charge in [0.1, 0.15) is 0 Å². The lowest BCUT2D eigenvalue weighted by Crippen LogP contribution is -2.43. The van der Waals surface area contributed by atoms with E-state index in [0.29, 0.717) is 43.4 Å². The molecule has 3 saturated heterocycles. The highest BCUT2D eigenvalue weighted by atomic mass is 16.5. The summed E-state index contributed by atoms with van der Waals surface area (Å²) in [4.78, 5) is 25.1. The molecular weight excluding hydrogens is 346 g/mol. The first-order valence-corrected chi connectivity index (χ1v) is 9.81. The first-order valence-electron chi connectivity index (χ1n) is 9.81. The van der Waals surface area contributed by atoms with Crippen molar-refractivity contribution in [2.24, 2.45) is 11.8 Å². The Kier molecular flexibility index (Phi) is 4.94. The second-order valence-electron chi connectivity index (χ2n) is 8.08. The Morgan fingerprint density at radius 1 is 1.52 bits per heavy atom. The van der Waals surface area contributed by atoms with Gasteiger partial charge in [-0.05, 0) is 33.9 Å². The maximum Gasteiger partial charge on any atom is 0.234 e. The maximum atomic E-state index is 12.1. The molecule has 0 radical (unpaired) electrons. The molecule has 2 bridgehead atoms. The number of amides is 1. The molecule has 3 aliphatic heterocycles. The molecule has 3 fully saturated rings. The summed E-state index contributed by atoms with van der Waals surface area (Å²) in [5.74, 6) is 2.13. The number of ether oxygens (including phenoxy) is 2. The molecule has 0 saturated carbocycles. The van der Waals surface area contributed by atoms with Gasteiger partial charge in [0.05, 0.1) is 31.4 Å². The van der Waals surface area contributed by atoms with Crippen LogP contribution in [0.5, 0.6) is 5.88 Å². The van der Waals surface area contributed by atoms with Crippen molar-refractivity contribution in [2.75, 3.05) is 51.8 Å². The van der Waals surface area contributed by atoms with Crippen LogP contribution in [0.25, 0.3) is 0 Å². The predicted molar refractivity (Wildman–Crippen MR) is 101 cm³/mol. The van der Waals surface area contributed by atoms with Gasteiger partial charge in [-0.15, -0.1) is 0 Å². The fraction of sp³-hybridized carbons (Fsp3) is 0.737. The summed E-state index contributed by atoms with van der Waals surface area (Å²) < 4.78 is 12.0. The third-order valence-electron chi connectivity index (χ3n) is 5.97. The van der Waals surface area contributed by atoms with Crippen LogP contribution in [0.4, 0.5) is 5.95 Å². The van der Waals surface area contributed by atoms with E-state index in [2.05, 4.69) is 20.2 Å². The Hall–Kier alpha value is -1.93. The number of nitrogens with one attached hydrogen (secondary N) is 1. The van der Waals surface area contributed by atoms with Gasteiger partial charge in [0.25, 0.3) is 0 Å². The van der Waals surface area contributed by atoms with Crippen LogP contribution in [0.15, 0.2) is 12.3 Å². The third kappa shape index (κ3) is 3.48. The molecule has 3 aliphatic rings. The van der Waals surface area contributed by atoms with E-state index in [4.69, 9.17) is 9.47 Å². The molecule has 8 nitrogen and oxygen atoms in total. The Morgan fingerprint density at radius 2 is 2.37 bits per heavy atom. The summed E-state index contributed by atoms with van der Waals surface area (Å²) >= 11 is 0. The molecule has 1 aromatic heterocycles. The van der Waals surface area contributed by atoms with E-state index in [9.17, 15) is 4.79 Å². The van der Waals surface area contributed by atoms with Crippen molar-refractivity contribution < 1.29 is 14.3 Å². The molecule has 0 unspecified atom stereocenters. The van der Waals surface area contributed by atoms with E-state index >= 15 is 0 Å². The summed E-state index contributed by atoms with van der Waals surface area (Å²) in [6.45, 7) is 5.30. The average Bonchev–Trinajstić information content (AvgIpc) is 3.28. The number of rotatable bonds is 7. The maximum absolute atomic E-state index is 12.1. The largest absolute Gasteiger partial charge is 0.478 e. The zero-order valence-electron chi connectivity index (χ0n) is 16.4. The Bertz CT molecular complexity index is 700. The van der Waals surface area contributed by atoms with Gasteiger partial charge in [0.2, 0.25) is 17.7 Å². The number of carbonyl (C=O) groups excluding carboxylic acids is 1. The monoisotopic (exact) mass is 375 g/mol. The van der Waals surface area contributed by atoms with Gasteiger partial charge in [-0.2, -0.15) is 4.98 Å². The lowest BCUT2D eigenvalue weighted by atomic mass is 9.73. The number of aromatic nitrogens is 2. The lowest BCUT2D eigenvalue weighted by Gasteiger charge is -2.29. The second-order valence-corrected chi connectivity index (χ2v) is 8.08. The highest BCUT2D eigenvalue weighted by Crippen LogP contribution is 2.54. The number of hydrogen-bond donors (Lipinski definition) is 1. The average molecular weight is 375 g/mol. The zero-order chi connectivity index (χ0) is 19.0. The Balaban J connectivity index is 1.44. The molecule has 0 aliphatic carbocycles. The van der Waals surface area contributed by atoms with Crippen molar-refractivity contribution in [3.8, 4) is 5.88 Å². The molecule has 1 N–H and O–H groups in total. The number of fused-ring (bicyclic) bond motifs is 1. The Labute approximate surface area is 160 Å². The van der Waals surface area contributed by atoms with Crippen LogP contribution in [-0.4, -0.2) is 79.4 Å². The van der Waals surface area contributed by atoms with Gasteiger partial charge < -0.3 is 24.6 Å². The molecular formula is C19H29N5O3. The SMILES string of the molecule is CCOc1ccnc(N2C[C@@H]3[C@H](CNC(=O)CN(C)C)[C@H]4CC[C@]3(C2)O4)n1. The van der Waals surface area contributed by atoms with Crippen LogP contribution in [0, 0.1) is 11.8 Å². The van der Waals surface area contributed by atoms with Crippen LogP contribution in [-0.2, 0) is 9.53 Å². The minimum atomic E-state index is -0.118. The molecule has 1 spiro atoms. The van der Waals surface area contributed by atoms with Gasteiger partial charge >= 0.3 is 0 Å². The minimum absolute atomic E-state index is 0.0689. The van der Waals surface area contributed by atoms with Crippen LogP contribution < -0.4 is 15.0 Å². The van der Waals surface area contributed by atoms with E-state index in [-0.39, 0.29) is 17.6 Å². The number of likely N-dealkylation sites (N-methyl/N-ethyl adjacent to an activating group) is 1.